The number of carbonyl (C=O) groups is 2. The lowest BCUT2D eigenvalue weighted by molar-refractivity contribution is -0.104. The van der Waals surface area contributed by atoms with Crippen molar-refractivity contribution in [3.05, 3.63) is 46.5 Å². The van der Waals surface area contributed by atoms with Gasteiger partial charge in [-0.05, 0) is 18.2 Å². The molecule has 0 radical (unpaired) electrons. The Balaban J connectivity index is 2.97. The lowest BCUT2D eigenvalue weighted by atomic mass is 10.1. The van der Waals surface area contributed by atoms with Crippen molar-refractivity contribution in [1.82, 2.24) is 0 Å². The molecule has 17 heavy (non-hydrogen) atoms. The Morgan fingerprint density at radius 2 is 2.12 bits per heavy atom. The number of rotatable bonds is 4. The molecule has 0 aliphatic heterocycles. The molecule has 1 aromatic carbocycles. The molecular weight excluding hydrogens is 288 g/mol. The molecule has 1 unspecified atom stereocenters. The van der Waals surface area contributed by atoms with E-state index in [0.29, 0.717) is 6.29 Å². The number of hydrogen-bond acceptors (Lipinski definition) is 4. The third-order valence-electron chi connectivity index (χ3n) is 1.97. The Hall–Kier alpha value is -1.62. The van der Waals surface area contributed by atoms with Gasteiger partial charge in [0, 0.05) is 10.0 Å². The summed E-state index contributed by atoms with van der Waals surface area (Å²) in [5, 5.41) is 0. The lowest BCUT2D eigenvalue weighted by Gasteiger charge is -2.14. The number of benzene rings is 1. The van der Waals surface area contributed by atoms with E-state index < -0.39 is 12.3 Å². The Labute approximate surface area is 107 Å². The van der Waals surface area contributed by atoms with Crippen LogP contribution in [0.25, 0.3) is 0 Å². The van der Waals surface area contributed by atoms with Gasteiger partial charge < -0.3 is 9.47 Å². The van der Waals surface area contributed by atoms with Crippen molar-refractivity contribution in [2.24, 2.45) is 0 Å². The molecular formula is C12H11BrO4. The van der Waals surface area contributed by atoms with E-state index in [4.69, 9.17) is 4.74 Å². The molecule has 0 spiro atoms. The van der Waals surface area contributed by atoms with Crippen molar-refractivity contribution >= 4 is 28.4 Å². The summed E-state index contributed by atoms with van der Waals surface area (Å²) in [4.78, 5) is 21.4. The van der Waals surface area contributed by atoms with Gasteiger partial charge in [-0.25, -0.2) is 4.79 Å². The Morgan fingerprint density at radius 1 is 1.41 bits per heavy atom. The molecule has 0 bridgehead atoms. The average molecular weight is 299 g/mol. The van der Waals surface area contributed by atoms with Crippen LogP contribution >= 0.6 is 15.9 Å². The van der Waals surface area contributed by atoms with E-state index in [2.05, 4.69) is 20.7 Å². The summed E-state index contributed by atoms with van der Waals surface area (Å²) in [6.45, 7) is 0. The van der Waals surface area contributed by atoms with Crippen molar-refractivity contribution in [1.29, 1.82) is 0 Å². The summed E-state index contributed by atoms with van der Waals surface area (Å²) in [6, 6.07) is 7.25. The van der Waals surface area contributed by atoms with Gasteiger partial charge in [-0.1, -0.05) is 34.1 Å². The first-order chi connectivity index (χ1) is 8.19. The van der Waals surface area contributed by atoms with Crippen LogP contribution in [0.15, 0.2) is 40.9 Å². The largest absolute Gasteiger partial charge is 0.508 e. The number of carbonyl (C=O) groups excluding carboxylic acids is 2. The maximum Gasteiger partial charge on any atom is 0.508 e. The van der Waals surface area contributed by atoms with Crippen LogP contribution in [-0.4, -0.2) is 19.6 Å². The highest BCUT2D eigenvalue weighted by Gasteiger charge is 2.16. The molecule has 0 aliphatic carbocycles. The van der Waals surface area contributed by atoms with Crippen LogP contribution in [0.4, 0.5) is 4.79 Å². The summed E-state index contributed by atoms with van der Waals surface area (Å²) in [5.74, 6) is 0. The van der Waals surface area contributed by atoms with Crippen LogP contribution in [-0.2, 0) is 14.3 Å². The molecule has 0 heterocycles. The molecule has 0 saturated carbocycles. The maximum absolute atomic E-state index is 11.1. The van der Waals surface area contributed by atoms with Crippen LogP contribution < -0.4 is 0 Å². The molecule has 0 aromatic heterocycles. The van der Waals surface area contributed by atoms with Gasteiger partial charge in [0.2, 0.25) is 0 Å². The predicted octanol–water partition coefficient (Wildman–Crippen LogP) is 3.03. The maximum atomic E-state index is 11.1. The highest BCUT2D eigenvalue weighted by Crippen LogP contribution is 2.27. The molecule has 1 atom stereocenters. The summed E-state index contributed by atoms with van der Waals surface area (Å²) < 4.78 is 10.2. The van der Waals surface area contributed by atoms with Crippen molar-refractivity contribution in [2.75, 3.05) is 7.11 Å². The zero-order chi connectivity index (χ0) is 12.7. The van der Waals surface area contributed by atoms with E-state index in [0.717, 1.165) is 10.0 Å². The second-order valence-corrected chi connectivity index (χ2v) is 3.89. The first kappa shape index (κ1) is 13.4. The molecule has 5 heteroatoms. The molecule has 4 nitrogen and oxygen atoms in total. The SMILES string of the molecule is COC(=O)OC(/C=C/C=O)c1ccccc1Br. The summed E-state index contributed by atoms with van der Waals surface area (Å²) >= 11 is 3.35. The standard InChI is InChI=1S/C12H11BrO4/c1-16-12(15)17-11(7-4-8-14)9-5-2-3-6-10(9)13/h2-8,11H,1H3/b7-4+. The Kier molecular flexibility index (Phi) is 5.42. The second kappa shape index (κ2) is 6.85. The van der Waals surface area contributed by atoms with Gasteiger partial charge in [-0.2, -0.15) is 0 Å². The van der Waals surface area contributed by atoms with Crippen molar-refractivity contribution < 1.29 is 19.1 Å². The average Bonchev–Trinajstić information content (AvgIpc) is 2.35. The second-order valence-electron chi connectivity index (χ2n) is 3.04. The van der Waals surface area contributed by atoms with Gasteiger partial charge in [-0.15, -0.1) is 0 Å². The van der Waals surface area contributed by atoms with Crippen LogP contribution in [0, 0.1) is 0 Å². The first-order valence-electron chi connectivity index (χ1n) is 4.80. The van der Waals surface area contributed by atoms with E-state index in [1.165, 1.54) is 19.3 Å². The quantitative estimate of drug-likeness (QED) is 0.487. The number of hydrogen-bond donors (Lipinski definition) is 0. The van der Waals surface area contributed by atoms with Gasteiger partial charge >= 0.3 is 6.16 Å². The lowest BCUT2D eigenvalue weighted by Crippen LogP contribution is -2.10. The van der Waals surface area contributed by atoms with Gasteiger partial charge in [0.05, 0.1) is 7.11 Å². The minimum Gasteiger partial charge on any atom is -0.438 e. The summed E-state index contributed by atoms with van der Waals surface area (Å²) in [5.41, 5.74) is 0.732. The number of aldehydes is 1. The Bertz CT molecular complexity index is 428. The number of ether oxygens (including phenoxy) is 2. The zero-order valence-electron chi connectivity index (χ0n) is 9.13. The van der Waals surface area contributed by atoms with Crippen LogP contribution in [0.3, 0.4) is 0 Å². The normalized spacial score (nSPS) is 12.1. The van der Waals surface area contributed by atoms with Crippen LogP contribution in [0.2, 0.25) is 0 Å². The fourth-order valence-electron chi connectivity index (χ4n) is 1.21. The van der Waals surface area contributed by atoms with Crippen molar-refractivity contribution in [2.45, 2.75) is 6.10 Å². The third-order valence-corrected chi connectivity index (χ3v) is 2.69. The molecule has 1 rings (SSSR count). The van der Waals surface area contributed by atoms with Crippen molar-refractivity contribution in [3.8, 4) is 0 Å². The number of allylic oxidation sites excluding steroid dienone is 1. The topological polar surface area (TPSA) is 52.6 Å². The van der Waals surface area contributed by atoms with Gasteiger partial charge in [0.1, 0.15) is 6.29 Å². The molecule has 1 aromatic rings. The summed E-state index contributed by atoms with van der Waals surface area (Å²) in [6.07, 6.45) is 1.89. The fraction of sp³-hybridized carbons (Fsp3) is 0.167. The minimum absolute atomic E-state index is 0.616. The van der Waals surface area contributed by atoms with E-state index in [9.17, 15) is 9.59 Å². The van der Waals surface area contributed by atoms with E-state index in [1.54, 1.807) is 6.07 Å². The molecule has 0 amide bonds. The fourth-order valence-corrected chi connectivity index (χ4v) is 1.72. The molecule has 0 saturated heterocycles. The van der Waals surface area contributed by atoms with Crippen molar-refractivity contribution in [3.63, 3.8) is 0 Å². The van der Waals surface area contributed by atoms with Gasteiger partial charge in [0.25, 0.3) is 0 Å². The third kappa shape index (κ3) is 4.03. The van der Waals surface area contributed by atoms with Gasteiger partial charge in [0.15, 0.2) is 6.10 Å². The molecule has 0 fully saturated rings. The van der Waals surface area contributed by atoms with Gasteiger partial charge in [-0.3, -0.25) is 4.79 Å². The van der Waals surface area contributed by atoms with E-state index >= 15 is 0 Å². The Morgan fingerprint density at radius 3 is 2.71 bits per heavy atom. The first-order valence-corrected chi connectivity index (χ1v) is 5.59. The van der Waals surface area contributed by atoms with Crippen LogP contribution in [0.1, 0.15) is 11.7 Å². The molecule has 0 N–H and O–H groups in total. The highest BCUT2D eigenvalue weighted by molar-refractivity contribution is 9.10. The molecule has 90 valence electrons. The van der Waals surface area contributed by atoms with Crippen LogP contribution in [0.5, 0.6) is 0 Å². The number of methoxy groups -OCH3 is 1. The zero-order valence-corrected chi connectivity index (χ0v) is 10.7. The molecule has 0 aliphatic rings. The monoisotopic (exact) mass is 298 g/mol. The minimum atomic E-state index is -0.804. The van der Waals surface area contributed by atoms with E-state index in [-0.39, 0.29) is 0 Å². The predicted molar refractivity (Wildman–Crippen MR) is 65.6 cm³/mol. The van der Waals surface area contributed by atoms with E-state index in [1.807, 2.05) is 18.2 Å². The summed E-state index contributed by atoms with van der Waals surface area (Å²) in [7, 11) is 1.23. The highest BCUT2D eigenvalue weighted by atomic mass is 79.9. The number of halogens is 1. The smallest absolute Gasteiger partial charge is 0.438 e.